The Kier molecular flexibility index (Phi) is 5.78. The predicted molar refractivity (Wildman–Crippen MR) is 98.9 cm³/mol. The molecule has 1 aromatic heterocycles. The van der Waals surface area contributed by atoms with E-state index in [-0.39, 0.29) is 23.7 Å². The molecule has 26 heavy (non-hydrogen) atoms. The second-order valence-corrected chi connectivity index (χ2v) is 6.69. The molecule has 0 bridgehead atoms. The zero-order chi connectivity index (χ0) is 18.5. The lowest BCUT2D eigenvalue weighted by Gasteiger charge is -2.22. The maximum Gasteiger partial charge on any atom is 0.269 e. The van der Waals surface area contributed by atoms with E-state index < -0.39 is 0 Å². The van der Waals surface area contributed by atoms with Gasteiger partial charge in [0.05, 0.1) is 12.1 Å². The second-order valence-electron chi connectivity index (χ2n) is 6.28. The summed E-state index contributed by atoms with van der Waals surface area (Å²) in [6.07, 6.45) is 5.50. The average molecular weight is 377 g/mol. The van der Waals surface area contributed by atoms with Crippen molar-refractivity contribution in [3.8, 4) is 5.75 Å². The fourth-order valence-corrected chi connectivity index (χ4v) is 3.27. The quantitative estimate of drug-likeness (QED) is 0.745. The number of methoxy groups -OCH3 is 1. The molecule has 138 valence electrons. The number of aromatic amines is 1. The second kappa shape index (κ2) is 8.23. The lowest BCUT2D eigenvalue weighted by molar-refractivity contribution is 0.0922. The fourth-order valence-electron chi connectivity index (χ4n) is 3.01. The Labute approximate surface area is 156 Å². The first-order valence-electron chi connectivity index (χ1n) is 8.58. The molecule has 0 aliphatic heterocycles. The molecule has 1 fully saturated rings. The van der Waals surface area contributed by atoms with Crippen LogP contribution < -0.4 is 15.4 Å². The zero-order valence-electron chi connectivity index (χ0n) is 14.5. The van der Waals surface area contributed by atoms with Gasteiger partial charge in [0.25, 0.3) is 11.8 Å². The molecule has 3 rings (SSSR count). The fraction of sp³-hybridized carbons (Fsp3) is 0.389. The molecule has 2 amide bonds. The van der Waals surface area contributed by atoms with Gasteiger partial charge in [0.2, 0.25) is 0 Å². The van der Waals surface area contributed by atoms with Gasteiger partial charge in [0.1, 0.15) is 11.4 Å². The van der Waals surface area contributed by atoms with Crippen LogP contribution in [0.1, 0.15) is 53.0 Å². The summed E-state index contributed by atoms with van der Waals surface area (Å²) < 4.78 is 5.06. The minimum absolute atomic E-state index is 0.207. The SMILES string of the molecule is COc1ccc(C(=O)Nc2cc(C(=O)NC3CCCCC3)[nH]n2)cc1Cl. The van der Waals surface area contributed by atoms with E-state index in [0.29, 0.717) is 22.0 Å². The molecule has 0 atom stereocenters. The standard InChI is InChI=1S/C18H21ClN4O3/c1-26-15-8-7-11(9-13(15)19)17(24)21-16-10-14(22-23-16)18(25)20-12-5-3-2-4-6-12/h7-10,12H,2-6H2,1H3,(H,20,25)(H2,21,22,23,24). The number of anilines is 1. The summed E-state index contributed by atoms with van der Waals surface area (Å²) in [5.74, 6) is 0.179. The highest BCUT2D eigenvalue weighted by atomic mass is 35.5. The van der Waals surface area contributed by atoms with Crippen molar-refractivity contribution >= 4 is 29.2 Å². The lowest BCUT2D eigenvalue weighted by atomic mass is 9.95. The van der Waals surface area contributed by atoms with E-state index >= 15 is 0 Å². The molecule has 1 aliphatic carbocycles. The normalized spacial score (nSPS) is 14.7. The monoisotopic (exact) mass is 376 g/mol. The van der Waals surface area contributed by atoms with Crippen molar-refractivity contribution in [3.63, 3.8) is 0 Å². The number of H-pyrrole nitrogens is 1. The van der Waals surface area contributed by atoms with Gasteiger partial charge in [-0.25, -0.2) is 0 Å². The molecule has 1 aliphatic rings. The molecular formula is C18H21ClN4O3. The smallest absolute Gasteiger partial charge is 0.269 e. The molecule has 1 aromatic carbocycles. The van der Waals surface area contributed by atoms with Gasteiger partial charge < -0.3 is 15.4 Å². The van der Waals surface area contributed by atoms with E-state index in [4.69, 9.17) is 16.3 Å². The van der Waals surface area contributed by atoms with Gasteiger partial charge >= 0.3 is 0 Å². The summed E-state index contributed by atoms with van der Waals surface area (Å²) in [5.41, 5.74) is 0.686. The first-order valence-corrected chi connectivity index (χ1v) is 8.96. The minimum Gasteiger partial charge on any atom is -0.495 e. The van der Waals surface area contributed by atoms with Crippen LogP contribution in [0, 0.1) is 0 Å². The van der Waals surface area contributed by atoms with Crippen LogP contribution in [0.4, 0.5) is 5.82 Å². The molecule has 7 nitrogen and oxygen atoms in total. The number of hydrogen-bond acceptors (Lipinski definition) is 4. The number of aromatic nitrogens is 2. The van der Waals surface area contributed by atoms with Crippen molar-refractivity contribution in [2.24, 2.45) is 0 Å². The molecule has 8 heteroatoms. The van der Waals surface area contributed by atoms with Crippen LogP contribution >= 0.6 is 11.6 Å². The Morgan fingerprint density at radius 2 is 1.96 bits per heavy atom. The summed E-state index contributed by atoms with van der Waals surface area (Å²) in [5, 5.41) is 12.6. The van der Waals surface area contributed by atoms with E-state index in [0.717, 1.165) is 25.7 Å². The van der Waals surface area contributed by atoms with E-state index in [1.807, 2.05) is 0 Å². The number of amides is 2. The van der Waals surface area contributed by atoms with Crippen LogP contribution in [-0.2, 0) is 0 Å². The first-order chi connectivity index (χ1) is 12.6. The minimum atomic E-state index is -0.375. The highest BCUT2D eigenvalue weighted by Crippen LogP contribution is 2.25. The number of ether oxygens (including phenoxy) is 1. The van der Waals surface area contributed by atoms with E-state index in [9.17, 15) is 9.59 Å². The molecule has 1 heterocycles. The Bertz CT molecular complexity index is 799. The highest BCUT2D eigenvalue weighted by Gasteiger charge is 2.18. The van der Waals surface area contributed by atoms with Crippen molar-refractivity contribution < 1.29 is 14.3 Å². The van der Waals surface area contributed by atoms with E-state index in [1.54, 1.807) is 12.1 Å². The van der Waals surface area contributed by atoms with Crippen LogP contribution in [0.2, 0.25) is 5.02 Å². The predicted octanol–water partition coefficient (Wildman–Crippen LogP) is 3.39. The summed E-state index contributed by atoms with van der Waals surface area (Å²) in [6, 6.07) is 6.45. The molecule has 2 aromatic rings. The van der Waals surface area contributed by atoms with Crippen molar-refractivity contribution in [2.75, 3.05) is 12.4 Å². The van der Waals surface area contributed by atoms with Crippen LogP contribution in [0.3, 0.4) is 0 Å². The van der Waals surface area contributed by atoms with Crippen LogP contribution in [0.5, 0.6) is 5.75 Å². The number of nitrogens with zero attached hydrogens (tertiary/aromatic N) is 1. The van der Waals surface area contributed by atoms with E-state index in [1.165, 1.54) is 25.7 Å². The highest BCUT2D eigenvalue weighted by molar-refractivity contribution is 6.32. The Balaban J connectivity index is 1.61. The van der Waals surface area contributed by atoms with Crippen molar-refractivity contribution in [1.29, 1.82) is 0 Å². The zero-order valence-corrected chi connectivity index (χ0v) is 15.2. The van der Waals surface area contributed by atoms with Crippen molar-refractivity contribution in [1.82, 2.24) is 15.5 Å². The Morgan fingerprint density at radius 1 is 1.19 bits per heavy atom. The van der Waals surface area contributed by atoms with E-state index in [2.05, 4.69) is 20.8 Å². The molecule has 0 radical (unpaired) electrons. The average Bonchev–Trinajstić information content (AvgIpc) is 3.11. The maximum atomic E-state index is 12.3. The van der Waals surface area contributed by atoms with Gasteiger partial charge in [-0.2, -0.15) is 5.10 Å². The molecule has 3 N–H and O–H groups in total. The van der Waals surface area contributed by atoms with Gasteiger partial charge in [-0.15, -0.1) is 0 Å². The number of halogens is 1. The third-order valence-electron chi connectivity index (χ3n) is 4.42. The van der Waals surface area contributed by atoms with Crippen molar-refractivity contribution in [2.45, 2.75) is 38.1 Å². The van der Waals surface area contributed by atoms with Crippen LogP contribution in [0.25, 0.3) is 0 Å². The third-order valence-corrected chi connectivity index (χ3v) is 4.71. The molecular weight excluding hydrogens is 356 g/mol. The molecule has 0 unspecified atom stereocenters. The van der Waals surface area contributed by atoms with Gasteiger partial charge in [-0.3, -0.25) is 14.7 Å². The molecule has 1 saturated carbocycles. The van der Waals surface area contributed by atoms with Gasteiger partial charge in [-0.1, -0.05) is 30.9 Å². The van der Waals surface area contributed by atoms with Crippen LogP contribution in [-0.4, -0.2) is 35.2 Å². The summed E-state index contributed by atoms with van der Waals surface area (Å²) in [4.78, 5) is 24.6. The number of hydrogen-bond donors (Lipinski definition) is 3. The number of benzene rings is 1. The van der Waals surface area contributed by atoms with Crippen LogP contribution in [0.15, 0.2) is 24.3 Å². The number of rotatable bonds is 5. The Morgan fingerprint density at radius 3 is 2.65 bits per heavy atom. The maximum absolute atomic E-state index is 12.3. The Hall–Kier alpha value is -2.54. The summed E-state index contributed by atoms with van der Waals surface area (Å²) >= 11 is 6.04. The van der Waals surface area contributed by atoms with Gasteiger partial charge in [0.15, 0.2) is 5.82 Å². The topological polar surface area (TPSA) is 96.1 Å². The summed E-state index contributed by atoms with van der Waals surface area (Å²) in [7, 11) is 1.50. The number of nitrogens with one attached hydrogen (secondary N) is 3. The number of carbonyl (C=O) groups excluding carboxylic acids is 2. The lowest BCUT2D eigenvalue weighted by Crippen LogP contribution is -2.36. The summed E-state index contributed by atoms with van der Waals surface area (Å²) in [6.45, 7) is 0. The van der Waals surface area contributed by atoms with Gasteiger partial charge in [0, 0.05) is 17.7 Å². The largest absolute Gasteiger partial charge is 0.495 e. The van der Waals surface area contributed by atoms with Crippen molar-refractivity contribution in [3.05, 3.63) is 40.5 Å². The molecule has 0 saturated heterocycles. The first kappa shape index (κ1) is 18.3. The third kappa shape index (κ3) is 4.35. The van der Waals surface area contributed by atoms with Gasteiger partial charge in [-0.05, 0) is 31.0 Å². The number of carbonyl (C=O) groups is 2. The molecule has 0 spiro atoms.